The second kappa shape index (κ2) is 8.88. The predicted molar refractivity (Wildman–Crippen MR) is 109 cm³/mol. The quantitative estimate of drug-likeness (QED) is 0.562. The summed E-state index contributed by atoms with van der Waals surface area (Å²) in [7, 11) is 1.66. The van der Waals surface area contributed by atoms with Crippen LogP contribution >= 0.6 is 11.9 Å². The Balaban J connectivity index is 1.62. The van der Waals surface area contributed by atoms with Gasteiger partial charge in [0, 0.05) is 12.2 Å². The van der Waals surface area contributed by atoms with E-state index in [1.807, 2.05) is 54.3 Å². The Kier molecular flexibility index (Phi) is 6.32. The molecule has 4 nitrogen and oxygen atoms in total. The Morgan fingerprint density at radius 2 is 2.00 bits per heavy atom. The summed E-state index contributed by atoms with van der Waals surface area (Å²) in [6, 6.07) is 12.7. The number of benzene rings is 2. The molecule has 6 heteroatoms. The largest absolute Gasteiger partial charge is 0.495 e. The van der Waals surface area contributed by atoms with Crippen LogP contribution in [0.3, 0.4) is 0 Å². The lowest BCUT2D eigenvalue weighted by atomic mass is 10.1. The van der Waals surface area contributed by atoms with Gasteiger partial charge in [0.25, 0.3) is 0 Å². The van der Waals surface area contributed by atoms with E-state index in [1.165, 1.54) is 24.1 Å². The van der Waals surface area contributed by atoms with Gasteiger partial charge < -0.3 is 9.30 Å². The van der Waals surface area contributed by atoms with E-state index in [-0.39, 0.29) is 11.9 Å². The zero-order valence-electron chi connectivity index (χ0n) is 15.5. The van der Waals surface area contributed by atoms with E-state index in [9.17, 15) is 4.39 Å². The number of halogens is 1. The number of nitrogens with one attached hydrogen (secondary N) is 1. The summed E-state index contributed by atoms with van der Waals surface area (Å²) in [4.78, 5) is 4.26. The fourth-order valence-corrected chi connectivity index (χ4v) is 3.28. The fraction of sp³-hybridized carbons (Fsp3) is 0.190. The van der Waals surface area contributed by atoms with Crippen LogP contribution in [-0.4, -0.2) is 16.7 Å². The molecule has 0 amide bonds. The van der Waals surface area contributed by atoms with Crippen LogP contribution in [0.25, 0.3) is 11.8 Å². The van der Waals surface area contributed by atoms with Crippen molar-refractivity contribution in [2.75, 3.05) is 7.11 Å². The number of hydrogen-bond donors (Lipinski definition) is 1. The molecule has 1 atom stereocenters. The summed E-state index contributed by atoms with van der Waals surface area (Å²) < 4.78 is 23.8. The molecule has 0 spiro atoms. The van der Waals surface area contributed by atoms with Gasteiger partial charge in [-0.1, -0.05) is 30.1 Å². The van der Waals surface area contributed by atoms with Crippen LogP contribution in [0.4, 0.5) is 4.39 Å². The lowest BCUT2D eigenvalue weighted by Gasteiger charge is -2.12. The van der Waals surface area contributed by atoms with E-state index in [2.05, 4.69) is 9.71 Å². The van der Waals surface area contributed by atoms with Gasteiger partial charge in [-0.05, 0) is 60.7 Å². The van der Waals surface area contributed by atoms with Crippen LogP contribution in [0.5, 0.6) is 5.75 Å². The molecule has 0 aliphatic heterocycles. The van der Waals surface area contributed by atoms with Crippen molar-refractivity contribution in [2.24, 2.45) is 0 Å². The first-order chi connectivity index (χ1) is 13.1. The molecule has 0 aliphatic carbocycles. The van der Waals surface area contributed by atoms with Crippen molar-refractivity contribution in [3.05, 3.63) is 83.0 Å². The Morgan fingerprint density at radius 3 is 2.67 bits per heavy atom. The minimum atomic E-state index is -0.221. The number of methoxy groups -OCH3 is 1. The second-order valence-corrected chi connectivity index (χ2v) is 6.91. The van der Waals surface area contributed by atoms with Crippen LogP contribution in [0.15, 0.2) is 60.4 Å². The van der Waals surface area contributed by atoms with Gasteiger partial charge in [-0.25, -0.2) is 9.37 Å². The maximum absolute atomic E-state index is 13.0. The molecule has 2 aromatic carbocycles. The van der Waals surface area contributed by atoms with Gasteiger partial charge in [0.2, 0.25) is 0 Å². The standard InChI is InChI=1S/C21H22FN3OS/c1-15-13-25(14-23-15)20-9-4-17(12-21(20)26-3)10-11-27-24-16(2)18-5-7-19(22)8-6-18/h4-14,16,24H,1-3H3/b11-10+/t16-/m0/s1. The zero-order chi connectivity index (χ0) is 19.2. The average molecular weight is 383 g/mol. The predicted octanol–water partition coefficient (Wildman–Crippen LogP) is 5.30. The second-order valence-electron chi connectivity index (χ2n) is 6.17. The van der Waals surface area contributed by atoms with E-state index in [0.29, 0.717) is 0 Å². The lowest BCUT2D eigenvalue weighted by molar-refractivity contribution is 0.413. The maximum atomic E-state index is 13.0. The van der Waals surface area contributed by atoms with Gasteiger partial charge in [-0.2, -0.15) is 0 Å². The van der Waals surface area contributed by atoms with Gasteiger partial charge in [0.1, 0.15) is 11.6 Å². The van der Waals surface area contributed by atoms with Crippen molar-refractivity contribution < 1.29 is 9.13 Å². The first kappa shape index (κ1) is 19.2. The summed E-state index contributed by atoms with van der Waals surface area (Å²) in [6.45, 7) is 4.00. The molecule has 3 aromatic rings. The number of rotatable bonds is 7. The van der Waals surface area contributed by atoms with E-state index in [4.69, 9.17) is 4.74 Å². The summed E-state index contributed by atoms with van der Waals surface area (Å²) in [5.74, 6) is 0.564. The topological polar surface area (TPSA) is 39.1 Å². The highest BCUT2D eigenvalue weighted by atomic mass is 32.2. The molecule has 1 N–H and O–H groups in total. The fourth-order valence-electron chi connectivity index (χ4n) is 2.64. The molecule has 0 saturated heterocycles. The van der Waals surface area contributed by atoms with Crippen LogP contribution < -0.4 is 9.46 Å². The molecule has 0 saturated carbocycles. The Labute approximate surface area is 163 Å². The van der Waals surface area contributed by atoms with E-state index >= 15 is 0 Å². The molecular weight excluding hydrogens is 361 g/mol. The number of aromatic nitrogens is 2. The van der Waals surface area contributed by atoms with Gasteiger partial charge in [-0.15, -0.1) is 0 Å². The molecule has 27 heavy (non-hydrogen) atoms. The molecule has 0 aliphatic rings. The van der Waals surface area contributed by atoms with Crippen molar-refractivity contribution in [1.29, 1.82) is 0 Å². The number of aryl methyl sites for hydroxylation is 1. The van der Waals surface area contributed by atoms with Gasteiger partial charge >= 0.3 is 0 Å². The average Bonchev–Trinajstić information content (AvgIpc) is 3.11. The number of ether oxygens (including phenoxy) is 1. The Hall–Kier alpha value is -2.57. The third-order valence-electron chi connectivity index (χ3n) is 4.14. The van der Waals surface area contributed by atoms with E-state index < -0.39 is 0 Å². The van der Waals surface area contributed by atoms with Crippen LogP contribution in [0.1, 0.15) is 29.8 Å². The smallest absolute Gasteiger partial charge is 0.143 e. The molecule has 3 rings (SSSR count). The highest BCUT2D eigenvalue weighted by Gasteiger charge is 2.07. The van der Waals surface area contributed by atoms with Gasteiger partial charge in [-0.3, -0.25) is 4.72 Å². The van der Waals surface area contributed by atoms with Crippen molar-refractivity contribution in [3.8, 4) is 11.4 Å². The molecular formula is C21H22FN3OS. The van der Waals surface area contributed by atoms with Crippen molar-refractivity contribution in [3.63, 3.8) is 0 Å². The molecule has 1 heterocycles. The molecule has 0 fully saturated rings. The lowest BCUT2D eigenvalue weighted by Crippen LogP contribution is -2.09. The highest BCUT2D eigenvalue weighted by molar-refractivity contribution is 8.00. The van der Waals surface area contributed by atoms with Crippen LogP contribution in [0, 0.1) is 12.7 Å². The normalized spacial score (nSPS) is 12.4. The number of nitrogens with zero attached hydrogens (tertiary/aromatic N) is 2. The van der Waals surface area contributed by atoms with Crippen molar-refractivity contribution in [1.82, 2.24) is 14.3 Å². The highest BCUT2D eigenvalue weighted by Crippen LogP contribution is 2.25. The van der Waals surface area contributed by atoms with Gasteiger partial charge in [0.15, 0.2) is 0 Å². The summed E-state index contributed by atoms with van der Waals surface area (Å²) in [6.07, 6.45) is 5.75. The first-order valence-corrected chi connectivity index (χ1v) is 9.47. The molecule has 1 aromatic heterocycles. The third kappa shape index (κ3) is 4.99. The van der Waals surface area contributed by atoms with Gasteiger partial charge in [0.05, 0.1) is 24.8 Å². The number of hydrogen-bond acceptors (Lipinski definition) is 4. The minimum Gasteiger partial charge on any atom is -0.495 e. The minimum absolute atomic E-state index is 0.113. The van der Waals surface area contributed by atoms with Crippen molar-refractivity contribution >= 4 is 18.0 Å². The van der Waals surface area contributed by atoms with E-state index in [0.717, 1.165) is 28.3 Å². The first-order valence-electron chi connectivity index (χ1n) is 8.59. The maximum Gasteiger partial charge on any atom is 0.143 e. The summed E-state index contributed by atoms with van der Waals surface area (Å²) in [5, 5.41) is 1.98. The molecule has 140 valence electrons. The summed E-state index contributed by atoms with van der Waals surface area (Å²) in [5.41, 5.74) is 3.99. The number of imidazole rings is 1. The molecule has 0 bridgehead atoms. The monoisotopic (exact) mass is 383 g/mol. The van der Waals surface area contributed by atoms with Crippen LogP contribution in [0.2, 0.25) is 0 Å². The molecule has 0 radical (unpaired) electrons. The van der Waals surface area contributed by atoms with Crippen LogP contribution in [-0.2, 0) is 0 Å². The SMILES string of the molecule is COc1cc(/C=C/SN[C@@H](C)c2ccc(F)cc2)ccc1-n1cnc(C)c1. The summed E-state index contributed by atoms with van der Waals surface area (Å²) >= 11 is 1.49. The molecule has 0 unspecified atom stereocenters. The third-order valence-corrected chi connectivity index (χ3v) is 4.90. The van der Waals surface area contributed by atoms with E-state index in [1.54, 1.807) is 25.6 Å². The Morgan fingerprint density at radius 1 is 1.22 bits per heavy atom. The zero-order valence-corrected chi connectivity index (χ0v) is 16.3. The Bertz CT molecular complexity index is 921. The van der Waals surface area contributed by atoms with Crippen molar-refractivity contribution in [2.45, 2.75) is 19.9 Å².